The van der Waals surface area contributed by atoms with Crippen LogP contribution in [-0.2, 0) is 56.0 Å². The van der Waals surface area contributed by atoms with Gasteiger partial charge >= 0.3 is 0 Å². The highest BCUT2D eigenvalue weighted by atomic mass is 16.6. The number of unbranched alkanes of at least 4 members (excludes halogenated alkanes) is 2. The molecule has 0 radical (unpaired) electrons. The SMILES string of the molecule is CC(C)(C)C1CC(=O)N(CCCCCC(=O)NCc2cn(CCOCCOCCOCCOCCOCCNC=O)nn2)C1=O. The first-order chi connectivity index (χ1) is 21.7. The molecule has 45 heavy (non-hydrogen) atoms. The monoisotopic (exact) mass is 640 g/mol. The number of imide groups is 1. The largest absolute Gasteiger partial charge is 0.377 e. The van der Waals surface area contributed by atoms with E-state index in [0.29, 0.717) is 124 Å². The van der Waals surface area contributed by atoms with Crippen molar-refractivity contribution in [2.75, 3.05) is 79.2 Å². The van der Waals surface area contributed by atoms with Gasteiger partial charge in [-0.15, -0.1) is 5.10 Å². The molecule has 2 rings (SSSR count). The van der Waals surface area contributed by atoms with Gasteiger partial charge in [0.2, 0.25) is 24.1 Å². The lowest BCUT2D eigenvalue weighted by Gasteiger charge is -2.24. The number of aromatic nitrogens is 3. The normalized spacial score (nSPS) is 15.2. The van der Waals surface area contributed by atoms with E-state index in [1.165, 1.54) is 4.90 Å². The fourth-order valence-electron chi connectivity index (χ4n) is 4.46. The molecule has 2 heterocycles. The van der Waals surface area contributed by atoms with E-state index >= 15 is 0 Å². The van der Waals surface area contributed by atoms with Crippen LogP contribution >= 0.6 is 0 Å². The maximum absolute atomic E-state index is 12.6. The van der Waals surface area contributed by atoms with Crippen molar-refractivity contribution in [2.45, 2.75) is 66.0 Å². The van der Waals surface area contributed by atoms with Crippen LogP contribution in [0.25, 0.3) is 0 Å². The third-order valence-corrected chi connectivity index (χ3v) is 7.05. The van der Waals surface area contributed by atoms with Crippen molar-refractivity contribution < 1.29 is 42.9 Å². The summed E-state index contributed by atoms with van der Waals surface area (Å²) in [4.78, 5) is 48.5. The van der Waals surface area contributed by atoms with E-state index < -0.39 is 0 Å². The Labute approximate surface area is 266 Å². The molecule has 1 aliphatic heterocycles. The summed E-state index contributed by atoms with van der Waals surface area (Å²) in [6, 6.07) is 0. The van der Waals surface area contributed by atoms with Crippen LogP contribution in [0.2, 0.25) is 0 Å². The molecule has 15 heteroatoms. The van der Waals surface area contributed by atoms with E-state index in [2.05, 4.69) is 20.9 Å². The molecular formula is C30H52N6O9. The number of carbonyl (C=O) groups excluding carboxylic acids is 4. The molecule has 1 fully saturated rings. The maximum Gasteiger partial charge on any atom is 0.233 e. The van der Waals surface area contributed by atoms with Gasteiger partial charge in [-0.25, -0.2) is 4.68 Å². The van der Waals surface area contributed by atoms with E-state index in [1.807, 2.05) is 20.8 Å². The zero-order valence-electron chi connectivity index (χ0n) is 27.1. The first-order valence-corrected chi connectivity index (χ1v) is 15.8. The van der Waals surface area contributed by atoms with Gasteiger partial charge in [-0.2, -0.15) is 0 Å². The summed E-state index contributed by atoms with van der Waals surface area (Å²) < 4.78 is 28.8. The van der Waals surface area contributed by atoms with Gasteiger partial charge in [0.1, 0.15) is 5.69 Å². The summed E-state index contributed by atoms with van der Waals surface area (Å²) in [5.74, 6) is -0.491. The second kappa shape index (κ2) is 22.5. The Morgan fingerprint density at radius 3 is 2.07 bits per heavy atom. The van der Waals surface area contributed by atoms with Crippen molar-refractivity contribution in [3.8, 4) is 0 Å². The Balaban J connectivity index is 1.38. The molecule has 0 aromatic carbocycles. The lowest BCUT2D eigenvalue weighted by molar-refractivity contribution is -0.140. The van der Waals surface area contributed by atoms with Gasteiger partial charge in [0, 0.05) is 25.9 Å². The minimum absolute atomic E-state index is 0.0724. The summed E-state index contributed by atoms with van der Waals surface area (Å²) in [6.07, 6.45) is 5.21. The quantitative estimate of drug-likeness (QED) is 0.0788. The molecule has 1 aromatic heterocycles. The van der Waals surface area contributed by atoms with E-state index in [0.717, 1.165) is 6.42 Å². The molecule has 1 atom stereocenters. The maximum atomic E-state index is 12.6. The molecule has 15 nitrogen and oxygen atoms in total. The van der Waals surface area contributed by atoms with Crippen molar-refractivity contribution in [3.05, 3.63) is 11.9 Å². The number of likely N-dealkylation sites (tertiary alicyclic amines) is 1. The Morgan fingerprint density at radius 2 is 1.49 bits per heavy atom. The molecule has 0 spiro atoms. The van der Waals surface area contributed by atoms with Gasteiger partial charge in [0.15, 0.2) is 0 Å². The third-order valence-electron chi connectivity index (χ3n) is 7.05. The summed E-state index contributed by atoms with van der Waals surface area (Å²) in [5.41, 5.74) is 0.438. The Hall–Kier alpha value is -2.98. The van der Waals surface area contributed by atoms with E-state index in [9.17, 15) is 19.2 Å². The Bertz CT molecular complexity index is 1000. The van der Waals surface area contributed by atoms with E-state index in [-0.39, 0.29) is 35.5 Å². The van der Waals surface area contributed by atoms with Gasteiger partial charge in [-0.05, 0) is 18.3 Å². The molecule has 0 aliphatic carbocycles. The molecule has 2 N–H and O–H groups in total. The van der Waals surface area contributed by atoms with Crippen LogP contribution in [0.3, 0.4) is 0 Å². The number of nitrogens with one attached hydrogen (secondary N) is 2. The smallest absolute Gasteiger partial charge is 0.233 e. The molecule has 1 aliphatic rings. The number of nitrogens with zero attached hydrogens (tertiary/aromatic N) is 4. The molecular weight excluding hydrogens is 588 g/mol. The lowest BCUT2D eigenvalue weighted by Crippen LogP contribution is -2.34. The van der Waals surface area contributed by atoms with Gasteiger partial charge in [0.25, 0.3) is 0 Å². The number of hydrogen-bond acceptors (Lipinski definition) is 11. The predicted molar refractivity (Wildman–Crippen MR) is 163 cm³/mol. The standard InChI is InChI=1S/C30H52N6O9/c1-30(2,3)26-21-28(39)36(29(26)40)9-6-4-5-7-27(38)32-22-25-23-35(34-33-25)10-12-42-14-16-44-18-20-45-19-17-43-15-13-41-11-8-31-24-37/h23-24,26H,4-22H2,1-3H3,(H,31,37)(H,32,38). The second-order valence-electron chi connectivity index (χ2n) is 11.7. The zero-order valence-corrected chi connectivity index (χ0v) is 27.1. The summed E-state index contributed by atoms with van der Waals surface area (Å²) in [7, 11) is 0. The van der Waals surface area contributed by atoms with Gasteiger partial charge in [-0.1, -0.05) is 32.4 Å². The summed E-state index contributed by atoms with van der Waals surface area (Å²) in [5, 5.41) is 13.5. The highest BCUT2D eigenvalue weighted by Crippen LogP contribution is 2.35. The number of carbonyl (C=O) groups is 4. The number of ether oxygens (including phenoxy) is 5. The van der Waals surface area contributed by atoms with Gasteiger partial charge < -0.3 is 34.3 Å². The van der Waals surface area contributed by atoms with Crippen LogP contribution in [0.5, 0.6) is 0 Å². The summed E-state index contributed by atoms with van der Waals surface area (Å²) >= 11 is 0. The van der Waals surface area contributed by atoms with Crippen LogP contribution in [0.1, 0.15) is 58.6 Å². The van der Waals surface area contributed by atoms with Crippen LogP contribution in [-0.4, -0.2) is 123 Å². The number of hydrogen-bond donors (Lipinski definition) is 2. The predicted octanol–water partition coefficient (Wildman–Crippen LogP) is 0.705. The van der Waals surface area contributed by atoms with E-state index in [1.54, 1.807) is 10.9 Å². The van der Waals surface area contributed by atoms with Gasteiger partial charge in [-0.3, -0.25) is 24.1 Å². The molecule has 1 aromatic rings. The van der Waals surface area contributed by atoms with Gasteiger partial charge in [0.05, 0.1) is 91.3 Å². The molecule has 256 valence electrons. The average molecular weight is 641 g/mol. The zero-order chi connectivity index (χ0) is 32.8. The first-order valence-electron chi connectivity index (χ1n) is 15.8. The molecule has 0 bridgehead atoms. The van der Waals surface area contributed by atoms with Crippen molar-refractivity contribution >= 4 is 24.1 Å². The lowest BCUT2D eigenvalue weighted by atomic mass is 9.80. The van der Waals surface area contributed by atoms with E-state index in [4.69, 9.17) is 23.7 Å². The molecule has 4 amide bonds. The topological polar surface area (TPSA) is 172 Å². The van der Waals surface area contributed by atoms with Crippen molar-refractivity contribution in [3.63, 3.8) is 0 Å². The Kier molecular flexibility index (Phi) is 19.1. The minimum atomic E-state index is -0.251. The molecule has 0 saturated carbocycles. The fourth-order valence-corrected chi connectivity index (χ4v) is 4.46. The molecule has 1 unspecified atom stereocenters. The molecule has 1 saturated heterocycles. The highest BCUT2D eigenvalue weighted by molar-refractivity contribution is 6.03. The second-order valence-corrected chi connectivity index (χ2v) is 11.7. The third kappa shape index (κ3) is 16.8. The van der Waals surface area contributed by atoms with Crippen LogP contribution < -0.4 is 10.6 Å². The van der Waals surface area contributed by atoms with Crippen molar-refractivity contribution in [2.24, 2.45) is 11.3 Å². The van der Waals surface area contributed by atoms with Crippen molar-refractivity contribution in [1.82, 2.24) is 30.5 Å². The fraction of sp³-hybridized carbons (Fsp3) is 0.800. The van der Waals surface area contributed by atoms with Crippen molar-refractivity contribution in [1.29, 1.82) is 0 Å². The summed E-state index contributed by atoms with van der Waals surface area (Å²) in [6.45, 7) is 12.3. The number of rotatable bonds is 27. The van der Waals surface area contributed by atoms with Crippen LogP contribution in [0.4, 0.5) is 0 Å². The highest BCUT2D eigenvalue weighted by Gasteiger charge is 2.44. The Morgan fingerprint density at radius 1 is 0.889 bits per heavy atom. The van der Waals surface area contributed by atoms with Crippen LogP contribution in [0.15, 0.2) is 6.20 Å². The average Bonchev–Trinajstić information content (AvgIpc) is 3.58. The van der Waals surface area contributed by atoms with Crippen LogP contribution in [0, 0.1) is 11.3 Å². The first kappa shape index (κ1) is 38.2. The minimum Gasteiger partial charge on any atom is -0.377 e. The number of amides is 4.